The van der Waals surface area contributed by atoms with Gasteiger partial charge in [0.2, 0.25) is 0 Å². The highest BCUT2D eigenvalue weighted by Gasteiger charge is 2.15. The quantitative estimate of drug-likeness (QED) is 0.788. The van der Waals surface area contributed by atoms with Crippen molar-refractivity contribution in [2.75, 3.05) is 5.32 Å². The first kappa shape index (κ1) is 14.5. The Hall–Kier alpha value is -2.47. The minimum atomic E-state index is -0.533. The molecule has 0 aliphatic heterocycles. The average molecular weight is 319 g/mol. The Kier molecular flexibility index (Phi) is 3.54. The van der Waals surface area contributed by atoms with Gasteiger partial charge in [0.25, 0.3) is 5.91 Å². The average Bonchev–Trinajstić information content (AvgIpc) is 2.83. The number of rotatable bonds is 2. The number of nitrogens with one attached hydrogen (secondary N) is 1. The zero-order valence-corrected chi connectivity index (χ0v) is 12.6. The molecule has 0 unspecified atom stereocenters. The largest absolute Gasteiger partial charge is 0.322 e. The minimum absolute atomic E-state index is 0.0461. The number of carbonyl (C=O) groups excluding carboxylic acids is 1. The molecule has 112 valence electrons. The number of halogens is 2. The third-order valence-electron chi connectivity index (χ3n) is 3.26. The summed E-state index contributed by atoms with van der Waals surface area (Å²) in [5.41, 5.74) is 2.21. The van der Waals surface area contributed by atoms with Crippen molar-refractivity contribution < 1.29 is 9.18 Å². The molecule has 0 bridgehead atoms. The van der Waals surface area contributed by atoms with Crippen LogP contribution in [0.2, 0.25) is 5.02 Å². The van der Waals surface area contributed by atoms with Gasteiger partial charge < -0.3 is 5.32 Å². The molecule has 5 nitrogen and oxygen atoms in total. The summed E-state index contributed by atoms with van der Waals surface area (Å²) >= 11 is 5.72. The van der Waals surface area contributed by atoms with Gasteiger partial charge >= 0.3 is 0 Å². The lowest BCUT2D eigenvalue weighted by Crippen LogP contribution is -2.13. The molecule has 0 radical (unpaired) electrons. The second-order valence-corrected chi connectivity index (χ2v) is 5.31. The van der Waals surface area contributed by atoms with Crippen molar-refractivity contribution in [1.82, 2.24) is 14.8 Å². The molecule has 1 aromatic carbocycles. The van der Waals surface area contributed by atoms with Gasteiger partial charge in [0.05, 0.1) is 22.2 Å². The summed E-state index contributed by atoms with van der Waals surface area (Å²) in [5.74, 6) is -0.861. The summed E-state index contributed by atoms with van der Waals surface area (Å²) in [6, 6.07) is 5.71. The number of amides is 1. The number of hydrogen-bond donors (Lipinski definition) is 1. The molecule has 0 saturated carbocycles. The van der Waals surface area contributed by atoms with Crippen LogP contribution in [0.5, 0.6) is 0 Å². The van der Waals surface area contributed by atoms with Gasteiger partial charge in [-0.1, -0.05) is 11.6 Å². The van der Waals surface area contributed by atoms with Crippen molar-refractivity contribution in [1.29, 1.82) is 0 Å². The van der Waals surface area contributed by atoms with Crippen LogP contribution in [0.3, 0.4) is 0 Å². The van der Waals surface area contributed by atoms with E-state index in [1.165, 1.54) is 18.2 Å². The number of benzene rings is 1. The van der Waals surface area contributed by atoms with Crippen LogP contribution in [0.25, 0.3) is 11.0 Å². The van der Waals surface area contributed by atoms with E-state index in [1.54, 1.807) is 30.9 Å². The molecule has 1 amide bonds. The molecule has 0 aliphatic carbocycles. The van der Waals surface area contributed by atoms with E-state index in [0.29, 0.717) is 28.0 Å². The molecule has 3 aromatic rings. The molecule has 0 spiro atoms. The Balaban J connectivity index is 2.00. The van der Waals surface area contributed by atoms with Crippen molar-refractivity contribution in [2.45, 2.75) is 6.92 Å². The highest BCUT2D eigenvalue weighted by Crippen LogP contribution is 2.22. The van der Waals surface area contributed by atoms with Crippen LogP contribution in [-0.2, 0) is 7.05 Å². The van der Waals surface area contributed by atoms with Gasteiger partial charge in [-0.15, -0.1) is 0 Å². The third-order valence-corrected chi connectivity index (χ3v) is 3.54. The summed E-state index contributed by atoms with van der Waals surface area (Å²) < 4.78 is 14.8. The molecular weight excluding hydrogens is 307 g/mol. The summed E-state index contributed by atoms with van der Waals surface area (Å²) in [6.07, 6.45) is 1.59. The highest BCUT2D eigenvalue weighted by molar-refractivity contribution is 6.31. The number of nitrogens with zero attached hydrogens (tertiary/aromatic N) is 3. The molecule has 2 heterocycles. The van der Waals surface area contributed by atoms with Crippen molar-refractivity contribution in [3.63, 3.8) is 0 Å². The van der Waals surface area contributed by atoms with E-state index >= 15 is 0 Å². The number of aromatic nitrogens is 3. The Labute approximate surface area is 130 Å². The van der Waals surface area contributed by atoms with Crippen LogP contribution in [0.15, 0.2) is 30.5 Å². The van der Waals surface area contributed by atoms with Crippen LogP contribution >= 0.6 is 11.6 Å². The molecule has 2 aromatic heterocycles. The zero-order valence-electron chi connectivity index (χ0n) is 11.9. The van der Waals surface area contributed by atoms with Crippen molar-refractivity contribution in [2.24, 2.45) is 7.05 Å². The molecule has 1 N–H and O–H groups in total. The van der Waals surface area contributed by atoms with E-state index in [4.69, 9.17) is 11.6 Å². The van der Waals surface area contributed by atoms with Gasteiger partial charge in [-0.2, -0.15) is 5.10 Å². The molecule has 22 heavy (non-hydrogen) atoms. The maximum absolute atomic E-state index is 13.2. The predicted octanol–water partition coefficient (Wildman–Crippen LogP) is 3.32. The van der Waals surface area contributed by atoms with E-state index in [-0.39, 0.29) is 10.9 Å². The minimum Gasteiger partial charge on any atom is -0.322 e. The number of hydrogen-bond acceptors (Lipinski definition) is 3. The second-order valence-electron chi connectivity index (χ2n) is 4.90. The van der Waals surface area contributed by atoms with Crippen molar-refractivity contribution in [3.8, 4) is 0 Å². The van der Waals surface area contributed by atoms with Gasteiger partial charge in [0.1, 0.15) is 5.82 Å². The third kappa shape index (κ3) is 2.53. The van der Waals surface area contributed by atoms with Crippen LogP contribution in [0.4, 0.5) is 10.1 Å². The summed E-state index contributed by atoms with van der Waals surface area (Å²) in [5, 5.41) is 7.42. The maximum atomic E-state index is 13.2. The first-order valence-electron chi connectivity index (χ1n) is 6.51. The predicted molar refractivity (Wildman–Crippen MR) is 82.6 cm³/mol. The first-order chi connectivity index (χ1) is 10.5. The Morgan fingerprint density at radius 3 is 2.86 bits per heavy atom. The van der Waals surface area contributed by atoms with E-state index < -0.39 is 5.82 Å². The van der Waals surface area contributed by atoms with Gasteiger partial charge in [0.15, 0.2) is 5.65 Å². The van der Waals surface area contributed by atoms with Gasteiger partial charge in [-0.3, -0.25) is 9.48 Å². The Bertz CT molecular complexity index is 891. The van der Waals surface area contributed by atoms with E-state index in [2.05, 4.69) is 15.4 Å². The molecule has 3 rings (SSSR count). The summed E-state index contributed by atoms with van der Waals surface area (Å²) in [6.45, 7) is 1.80. The van der Waals surface area contributed by atoms with Crippen LogP contribution in [0, 0.1) is 12.7 Å². The molecule has 0 fully saturated rings. The number of aryl methyl sites for hydroxylation is 2. The number of pyridine rings is 1. The molecule has 7 heteroatoms. The smallest absolute Gasteiger partial charge is 0.256 e. The molecular formula is C15H12ClFN4O. The van der Waals surface area contributed by atoms with Gasteiger partial charge in [-0.25, -0.2) is 9.37 Å². The van der Waals surface area contributed by atoms with E-state index in [0.717, 1.165) is 0 Å². The first-order valence-corrected chi connectivity index (χ1v) is 6.89. The zero-order chi connectivity index (χ0) is 15.9. The number of fused-ring (bicyclic) bond motifs is 1. The SMILES string of the molecule is Cc1cc(C(=O)Nc2ccc(F)c(Cl)c2)c2cnn(C)c2n1. The number of carbonyl (C=O) groups is 1. The molecule has 0 atom stereocenters. The number of anilines is 1. The fraction of sp³-hybridized carbons (Fsp3) is 0.133. The van der Waals surface area contributed by atoms with Crippen LogP contribution in [-0.4, -0.2) is 20.7 Å². The topological polar surface area (TPSA) is 59.8 Å². The normalized spacial score (nSPS) is 10.9. The molecule has 0 aliphatic rings. The fourth-order valence-corrected chi connectivity index (χ4v) is 2.38. The van der Waals surface area contributed by atoms with E-state index in [9.17, 15) is 9.18 Å². The van der Waals surface area contributed by atoms with Gasteiger partial charge in [-0.05, 0) is 31.2 Å². The van der Waals surface area contributed by atoms with E-state index in [1.807, 2.05) is 0 Å². The standard InChI is InChI=1S/C15H12ClFN4O/c1-8-5-10(11-7-18-21(2)14(11)19-8)15(22)20-9-3-4-13(17)12(16)6-9/h3-7H,1-2H3,(H,20,22). The molecule has 0 saturated heterocycles. The van der Waals surface area contributed by atoms with Gasteiger partial charge in [0, 0.05) is 18.4 Å². The fourth-order valence-electron chi connectivity index (χ4n) is 2.20. The van der Waals surface area contributed by atoms with Crippen LogP contribution < -0.4 is 5.32 Å². The summed E-state index contributed by atoms with van der Waals surface area (Å²) in [7, 11) is 1.76. The lowest BCUT2D eigenvalue weighted by atomic mass is 10.1. The van der Waals surface area contributed by atoms with Crippen molar-refractivity contribution in [3.05, 3.63) is 52.6 Å². The van der Waals surface area contributed by atoms with Crippen LogP contribution in [0.1, 0.15) is 16.1 Å². The second kappa shape index (κ2) is 5.38. The summed E-state index contributed by atoms with van der Waals surface area (Å²) in [4.78, 5) is 16.8. The monoisotopic (exact) mass is 318 g/mol. The van der Waals surface area contributed by atoms with Crippen molar-refractivity contribution >= 4 is 34.2 Å². The Morgan fingerprint density at radius 2 is 2.14 bits per heavy atom. The highest BCUT2D eigenvalue weighted by atomic mass is 35.5. The lowest BCUT2D eigenvalue weighted by molar-refractivity contribution is 0.102. The maximum Gasteiger partial charge on any atom is 0.256 e. The Morgan fingerprint density at radius 1 is 1.36 bits per heavy atom. The lowest BCUT2D eigenvalue weighted by Gasteiger charge is -2.08.